The predicted octanol–water partition coefficient (Wildman–Crippen LogP) is 4.33. The predicted molar refractivity (Wildman–Crippen MR) is 127 cm³/mol. The van der Waals surface area contributed by atoms with Gasteiger partial charge in [-0.05, 0) is 63.0 Å². The number of aromatic nitrogens is 4. The number of alkyl halides is 3. The van der Waals surface area contributed by atoms with Crippen molar-refractivity contribution in [2.75, 3.05) is 20.6 Å². The lowest BCUT2D eigenvalue weighted by atomic mass is 9.81. The fourth-order valence-corrected chi connectivity index (χ4v) is 4.93. The normalized spacial score (nSPS) is 17.8. The standard InChI is InChI=1S/C25H31F3N6O/c1-15(17-5-6-21-18(9-17)13-32-33-21)22(34(3)4)14-31-23(35)10-20(19-11-29-16(2)30-12-19)24(7-8-24)25(26,27)28/h5-6,9,11-13,15,20,22H,7-8,10,14H2,1-4H3,(H,31,35)(H,32,33). The lowest BCUT2D eigenvalue weighted by Crippen LogP contribution is -2.44. The number of nitrogens with one attached hydrogen (secondary N) is 2. The molecule has 0 bridgehead atoms. The zero-order chi connectivity index (χ0) is 25.4. The van der Waals surface area contributed by atoms with Crippen LogP contribution >= 0.6 is 0 Å². The van der Waals surface area contributed by atoms with Crippen LogP contribution in [0, 0.1) is 12.3 Å². The van der Waals surface area contributed by atoms with Crippen LogP contribution in [0.15, 0.2) is 36.8 Å². The summed E-state index contributed by atoms with van der Waals surface area (Å²) < 4.78 is 41.9. The van der Waals surface area contributed by atoms with Gasteiger partial charge in [-0.2, -0.15) is 18.3 Å². The average Bonchev–Trinajstić information content (AvgIpc) is 3.49. The summed E-state index contributed by atoms with van der Waals surface area (Å²) in [7, 11) is 3.86. The largest absolute Gasteiger partial charge is 0.395 e. The number of halogens is 3. The molecular formula is C25H31F3N6O. The van der Waals surface area contributed by atoms with Gasteiger partial charge in [-0.1, -0.05) is 13.0 Å². The summed E-state index contributed by atoms with van der Waals surface area (Å²) >= 11 is 0. The van der Waals surface area contributed by atoms with E-state index in [0.717, 1.165) is 16.5 Å². The molecule has 1 aliphatic rings. The first-order valence-electron chi connectivity index (χ1n) is 11.7. The highest BCUT2D eigenvalue weighted by Crippen LogP contribution is 2.66. The van der Waals surface area contributed by atoms with Gasteiger partial charge in [0.25, 0.3) is 0 Å². The molecule has 3 aromatic rings. The van der Waals surface area contributed by atoms with E-state index in [1.807, 2.05) is 31.1 Å². The Morgan fingerprint density at radius 1 is 1.17 bits per heavy atom. The molecular weight excluding hydrogens is 457 g/mol. The minimum Gasteiger partial charge on any atom is -0.354 e. The topological polar surface area (TPSA) is 86.8 Å². The quantitative estimate of drug-likeness (QED) is 0.468. The number of rotatable bonds is 9. The number of aromatic amines is 1. The summed E-state index contributed by atoms with van der Waals surface area (Å²) in [5, 5.41) is 10.9. The number of carbonyl (C=O) groups excluding carboxylic acids is 1. The van der Waals surface area contributed by atoms with Gasteiger partial charge in [0.15, 0.2) is 0 Å². The number of aryl methyl sites for hydroxylation is 1. The van der Waals surface area contributed by atoms with Crippen molar-refractivity contribution in [3.63, 3.8) is 0 Å². The molecule has 0 radical (unpaired) electrons. The maximum absolute atomic E-state index is 14.0. The van der Waals surface area contributed by atoms with E-state index in [0.29, 0.717) is 17.9 Å². The first-order chi connectivity index (χ1) is 16.5. The van der Waals surface area contributed by atoms with Crippen LogP contribution < -0.4 is 5.32 Å². The molecule has 1 fully saturated rings. The van der Waals surface area contributed by atoms with Crippen molar-refractivity contribution in [2.24, 2.45) is 5.41 Å². The highest BCUT2D eigenvalue weighted by atomic mass is 19.4. The highest BCUT2D eigenvalue weighted by Gasteiger charge is 2.67. The molecule has 4 rings (SSSR count). The van der Waals surface area contributed by atoms with E-state index in [9.17, 15) is 18.0 Å². The van der Waals surface area contributed by atoms with Gasteiger partial charge >= 0.3 is 6.18 Å². The lowest BCUT2D eigenvalue weighted by Gasteiger charge is -2.32. The van der Waals surface area contributed by atoms with Crippen molar-refractivity contribution in [1.29, 1.82) is 0 Å². The third-order valence-electron chi connectivity index (χ3n) is 7.35. The monoisotopic (exact) mass is 488 g/mol. The maximum Gasteiger partial charge on any atom is 0.395 e. The Balaban J connectivity index is 1.48. The third kappa shape index (κ3) is 5.17. The van der Waals surface area contributed by atoms with Crippen molar-refractivity contribution in [2.45, 2.75) is 57.2 Å². The zero-order valence-electron chi connectivity index (χ0n) is 20.4. The maximum atomic E-state index is 14.0. The van der Waals surface area contributed by atoms with Crippen molar-refractivity contribution < 1.29 is 18.0 Å². The smallest absolute Gasteiger partial charge is 0.354 e. The molecule has 3 unspecified atom stereocenters. The van der Waals surface area contributed by atoms with E-state index in [2.05, 4.69) is 38.5 Å². The number of nitrogens with zero attached hydrogens (tertiary/aromatic N) is 4. The Hall–Kier alpha value is -3.01. The van der Waals surface area contributed by atoms with Crippen molar-refractivity contribution in [3.05, 3.63) is 53.7 Å². The van der Waals surface area contributed by atoms with Crippen molar-refractivity contribution >= 4 is 16.8 Å². The molecule has 2 aromatic heterocycles. The van der Waals surface area contributed by atoms with Gasteiger partial charge in [0, 0.05) is 42.7 Å². The SMILES string of the molecule is Cc1ncc(C(CC(=O)NCC(C(C)c2ccc3[nH]ncc3c2)N(C)C)C2(C(F)(F)F)CC2)cn1. The van der Waals surface area contributed by atoms with Crippen LogP contribution in [0.2, 0.25) is 0 Å². The van der Waals surface area contributed by atoms with Gasteiger partial charge < -0.3 is 10.2 Å². The second kappa shape index (κ2) is 9.56. The summed E-state index contributed by atoms with van der Waals surface area (Å²) in [6.45, 7) is 4.06. The van der Waals surface area contributed by atoms with E-state index >= 15 is 0 Å². The van der Waals surface area contributed by atoms with Gasteiger partial charge in [-0.3, -0.25) is 9.89 Å². The Bertz CT molecular complexity index is 1170. The molecule has 0 spiro atoms. The molecule has 2 heterocycles. The second-order valence-corrected chi connectivity index (χ2v) is 9.81. The molecule has 1 amide bonds. The van der Waals surface area contributed by atoms with E-state index < -0.39 is 23.4 Å². The van der Waals surface area contributed by atoms with Gasteiger partial charge in [0.2, 0.25) is 5.91 Å². The number of likely N-dealkylation sites (N-methyl/N-ethyl adjacent to an activating group) is 1. The van der Waals surface area contributed by atoms with Gasteiger partial charge in [-0.15, -0.1) is 0 Å². The Morgan fingerprint density at radius 3 is 2.46 bits per heavy atom. The summed E-state index contributed by atoms with van der Waals surface area (Å²) in [5.74, 6) is -0.877. The Labute approximate surface area is 202 Å². The van der Waals surface area contributed by atoms with Crippen LogP contribution in [0.4, 0.5) is 13.2 Å². The fraction of sp³-hybridized carbons (Fsp3) is 0.520. The number of fused-ring (bicyclic) bond motifs is 1. The molecule has 0 aliphatic heterocycles. The van der Waals surface area contributed by atoms with E-state index in [1.165, 1.54) is 12.4 Å². The van der Waals surface area contributed by atoms with E-state index in [1.54, 1.807) is 13.1 Å². The molecule has 3 atom stereocenters. The fourth-order valence-electron chi connectivity index (χ4n) is 4.93. The molecule has 188 valence electrons. The number of hydrogen-bond acceptors (Lipinski definition) is 5. The molecule has 0 saturated heterocycles. The first-order valence-corrected chi connectivity index (χ1v) is 11.7. The molecule has 7 nitrogen and oxygen atoms in total. The summed E-state index contributed by atoms with van der Waals surface area (Å²) in [6.07, 6.45) is -0.0318. The molecule has 1 aromatic carbocycles. The van der Waals surface area contributed by atoms with Gasteiger partial charge in [-0.25, -0.2) is 9.97 Å². The van der Waals surface area contributed by atoms with Gasteiger partial charge in [0.1, 0.15) is 5.82 Å². The number of hydrogen-bond donors (Lipinski definition) is 2. The average molecular weight is 489 g/mol. The third-order valence-corrected chi connectivity index (χ3v) is 7.35. The number of carbonyl (C=O) groups is 1. The summed E-state index contributed by atoms with van der Waals surface area (Å²) in [4.78, 5) is 23.2. The van der Waals surface area contributed by atoms with E-state index in [-0.39, 0.29) is 31.2 Å². The van der Waals surface area contributed by atoms with E-state index in [4.69, 9.17) is 0 Å². The van der Waals surface area contributed by atoms with Crippen molar-refractivity contribution in [1.82, 2.24) is 30.4 Å². The molecule has 1 saturated carbocycles. The van der Waals surface area contributed by atoms with Crippen LogP contribution in [0.1, 0.15) is 55.0 Å². The van der Waals surface area contributed by atoms with Crippen LogP contribution in [0.25, 0.3) is 10.9 Å². The number of H-pyrrole nitrogens is 1. The number of amides is 1. The van der Waals surface area contributed by atoms with Crippen LogP contribution in [0.5, 0.6) is 0 Å². The second-order valence-electron chi connectivity index (χ2n) is 9.81. The van der Waals surface area contributed by atoms with Crippen LogP contribution in [-0.4, -0.2) is 63.8 Å². The highest BCUT2D eigenvalue weighted by molar-refractivity contribution is 5.79. The number of benzene rings is 1. The molecule has 1 aliphatic carbocycles. The van der Waals surface area contributed by atoms with Crippen molar-refractivity contribution in [3.8, 4) is 0 Å². The van der Waals surface area contributed by atoms with Gasteiger partial charge in [0.05, 0.1) is 17.1 Å². The first kappa shape index (κ1) is 25.1. The molecule has 2 N–H and O–H groups in total. The Morgan fingerprint density at radius 2 is 1.86 bits per heavy atom. The minimum atomic E-state index is -4.39. The summed E-state index contributed by atoms with van der Waals surface area (Å²) in [6, 6.07) is 6.01. The molecule has 35 heavy (non-hydrogen) atoms. The molecule has 10 heteroatoms. The Kier molecular flexibility index (Phi) is 6.86. The lowest BCUT2D eigenvalue weighted by molar-refractivity contribution is -0.194. The van der Waals surface area contributed by atoms with Crippen LogP contribution in [-0.2, 0) is 4.79 Å². The van der Waals surface area contributed by atoms with Crippen LogP contribution in [0.3, 0.4) is 0 Å². The minimum absolute atomic E-state index is 0.0101. The zero-order valence-corrected chi connectivity index (χ0v) is 20.4. The summed E-state index contributed by atoms with van der Waals surface area (Å²) in [5.41, 5.74) is 0.500.